The van der Waals surface area contributed by atoms with Crippen molar-refractivity contribution in [3.05, 3.63) is 110 Å². The summed E-state index contributed by atoms with van der Waals surface area (Å²) in [6.45, 7) is 0.0440. The van der Waals surface area contributed by atoms with Crippen LogP contribution in [-0.4, -0.2) is 16.8 Å². The van der Waals surface area contributed by atoms with E-state index < -0.39 is 10.9 Å². The van der Waals surface area contributed by atoms with Crippen LogP contribution in [0, 0.1) is 15.9 Å². The molecule has 3 aromatic rings. The zero-order valence-corrected chi connectivity index (χ0v) is 17.1. The van der Waals surface area contributed by atoms with Gasteiger partial charge in [0.2, 0.25) is 5.90 Å². The third kappa shape index (κ3) is 4.65. The molecule has 0 aliphatic carbocycles. The van der Waals surface area contributed by atoms with Gasteiger partial charge in [0.25, 0.3) is 5.69 Å². The van der Waals surface area contributed by atoms with Crippen molar-refractivity contribution in [3.8, 4) is 5.75 Å². The summed E-state index contributed by atoms with van der Waals surface area (Å²) < 4.78 is 24.6. The number of non-ortho nitro benzene ring substituents is 1. The molecular weight excluding hydrogens is 439 g/mol. The number of carbonyl (C=O) groups is 1. The van der Waals surface area contributed by atoms with E-state index in [0.29, 0.717) is 16.9 Å². The van der Waals surface area contributed by atoms with Gasteiger partial charge in [0, 0.05) is 17.7 Å². The number of cyclic esters (lactones) is 1. The molecule has 0 bridgehead atoms. The highest BCUT2D eigenvalue weighted by Gasteiger charge is 2.27. The molecule has 0 atom stereocenters. The van der Waals surface area contributed by atoms with Gasteiger partial charge in [0.05, 0.1) is 15.5 Å². The maximum absolute atomic E-state index is 13.8. The van der Waals surface area contributed by atoms with E-state index >= 15 is 0 Å². The maximum Gasteiger partial charge on any atom is 0.363 e. The van der Waals surface area contributed by atoms with Gasteiger partial charge in [-0.15, -0.1) is 0 Å². The van der Waals surface area contributed by atoms with E-state index in [1.165, 1.54) is 30.3 Å². The lowest BCUT2D eigenvalue weighted by atomic mass is 10.2. The molecule has 0 amide bonds. The minimum absolute atomic E-state index is 0.00572. The quantitative estimate of drug-likeness (QED) is 0.219. The molecule has 0 radical (unpaired) electrons. The smallest absolute Gasteiger partial charge is 0.363 e. The van der Waals surface area contributed by atoms with Crippen molar-refractivity contribution in [2.24, 2.45) is 4.99 Å². The van der Waals surface area contributed by atoms with Gasteiger partial charge in [-0.3, -0.25) is 10.1 Å². The number of hydrogen-bond donors (Lipinski definition) is 0. The third-order valence-corrected chi connectivity index (χ3v) is 4.85. The predicted octanol–water partition coefficient (Wildman–Crippen LogP) is 5.31. The summed E-state index contributed by atoms with van der Waals surface area (Å²) in [6.07, 6.45) is 1.48. The third-order valence-electron chi connectivity index (χ3n) is 4.53. The molecule has 0 saturated heterocycles. The van der Waals surface area contributed by atoms with Crippen LogP contribution in [-0.2, 0) is 16.1 Å². The minimum Gasteiger partial charge on any atom is -0.489 e. The first-order chi connectivity index (χ1) is 15.4. The monoisotopic (exact) mass is 452 g/mol. The standard InChI is InChI=1S/C23H14ClFN2O5/c24-19-9-8-16(27(29)30)12-18(19)22-26-21(23(28)32-22)11-14-4-3-6-17(10-14)31-13-15-5-1-2-7-20(15)25/h1-12H,13H2/b21-11-. The number of nitro groups is 1. The minimum atomic E-state index is -0.722. The highest BCUT2D eigenvalue weighted by Crippen LogP contribution is 2.27. The summed E-state index contributed by atoms with van der Waals surface area (Å²) in [4.78, 5) is 26.8. The summed E-state index contributed by atoms with van der Waals surface area (Å²) >= 11 is 6.10. The molecular formula is C23H14ClFN2O5. The van der Waals surface area contributed by atoms with Crippen molar-refractivity contribution in [2.45, 2.75) is 6.61 Å². The van der Waals surface area contributed by atoms with E-state index in [1.807, 2.05) is 0 Å². The van der Waals surface area contributed by atoms with Crippen LogP contribution in [0.2, 0.25) is 5.02 Å². The van der Waals surface area contributed by atoms with E-state index in [2.05, 4.69) is 4.99 Å². The fraction of sp³-hybridized carbons (Fsp3) is 0.0435. The maximum atomic E-state index is 13.8. The Morgan fingerprint density at radius 3 is 2.72 bits per heavy atom. The Balaban J connectivity index is 1.56. The van der Waals surface area contributed by atoms with E-state index in [1.54, 1.807) is 42.5 Å². The van der Waals surface area contributed by atoms with Crippen molar-refractivity contribution in [2.75, 3.05) is 0 Å². The van der Waals surface area contributed by atoms with Gasteiger partial charge >= 0.3 is 5.97 Å². The molecule has 1 aliphatic heterocycles. The van der Waals surface area contributed by atoms with Crippen LogP contribution in [0.25, 0.3) is 6.08 Å². The van der Waals surface area contributed by atoms with Crippen LogP contribution >= 0.6 is 11.6 Å². The second-order valence-electron chi connectivity index (χ2n) is 6.71. The number of hydrogen-bond acceptors (Lipinski definition) is 6. The molecule has 0 unspecified atom stereocenters. The lowest BCUT2D eigenvalue weighted by Gasteiger charge is -2.07. The Kier molecular flexibility index (Phi) is 5.96. The van der Waals surface area contributed by atoms with Crippen LogP contribution < -0.4 is 4.74 Å². The van der Waals surface area contributed by atoms with E-state index in [0.717, 1.165) is 0 Å². The number of ether oxygens (including phenoxy) is 2. The highest BCUT2D eigenvalue weighted by molar-refractivity contribution is 6.34. The van der Waals surface area contributed by atoms with Gasteiger partial charge in [-0.2, -0.15) is 0 Å². The molecule has 3 aromatic carbocycles. The Bertz CT molecular complexity index is 1290. The summed E-state index contributed by atoms with van der Waals surface area (Å²) in [5.74, 6) is -0.733. The van der Waals surface area contributed by atoms with Crippen molar-refractivity contribution in [3.63, 3.8) is 0 Å². The Morgan fingerprint density at radius 1 is 1.12 bits per heavy atom. The number of rotatable bonds is 6. The van der Waals surface area contributed by atoms with Gasteiger partial charge < -0.3 is 9.47 Å². The van der Waals surface area contributed by atoms with Gasteiger partial charge in [-0.25, -0.2) is 14.2 Å². The Morgan fingerprint density at radius 2 is 1.94 bits per heavy atom. The lowest BCUT2D eigenvalue weighted by Crippen LogP contribution is -2.06. The van der Waals surface area contributed by atoms with Crippen molar-refractivity contribution in [1.82, 2.24) is 0 Å². The number of carbonyl (C=O) groups excluding carboxylic acids is 1. The lowest BCUT2D eigenvalue weighted by molar-refractivity contribution is -0.384. The number of aliphatic imine (C=N–C) groups is 1. The fourth-order valence-electron chi connectivity index (χ4n) is 2.94. The van der Waals surface area contributed by atoms with E-state index in [4.69, 9.17) is 21.1 Å². The summed E-state index contributed by atoms with van der Waals surface area (Å²) in [6, 6.07) is 16.9. The zero-order valence-electron chi connectivity index (χ0n) is 16.3. The zero-order chi connectivity index (χ0) is 22.7. The van der Waals surface area contributed by atoms with Crippen molar-refractivity contribution >= 4 is 35.2 Å². The summed E-state index contributed by atoms with van der Waals surface area (Å²) in [5, 5.41) is 11.2. The van der Waals surface area contributed by atoms with Crippen LogP contribution in [0.1, 0.15) is 16.7 Å². The van der Waals surface area contributed by atoms with Gasteiger partial charge in [-0.1, -0.05) is 41.9 Å². The topological polar surface area (TPSA) is 91.0 Å². The van der Waals surface area contributed by atoms with Gasteiger partial charge in [0.15, 0.2) is 5.70 Å². The van der Waals surface area contributed by atoms with Crippen molar-refractivity contribution in [1.29, 1.82) is 0 Å². The van der Waals surface area contributed by atoms with Crippen LogP contribution in [0.4, 0.5) is 10.1 Å². The van der Waals surface area contributed by atoms with Crippen LogP contribution in [0.15, 0.2) is 77.4 Å². The first kappa shape index (κ1) is 21.2. The largest absolute Gasteiger partial charge is 0.489 e. The normalized spacial score (nSPS) is 14.2. The molecule has 0 fully saturated rings. The van der Waals surface area contributed by atoms with Crippen LogP contribution in [0.5, 0.6) is 5.75 Å². The van der Waals surface area contributed by atoms with E-state index in [9.17, 15) is 19.3 Å². The second-order valence-corrected chi connectivity index (χ2v) is 7.12. The Labute approximate surface area is 186 Å². The molecule has 1 aliphatic rings. The SMILES string of the molecule is O=C1OC(c2cc([N+](=O)[O-])ccc2Cl)=N/C1=C\c1cccc(OCc2ccccc2F)c1. The van der Waals surface area contributed by atoms with Gasteiger partial charge in [0.1, 0.15) is 18.2 Å². The average Bonchev–Trinajstić information content (AvgIpc) is 3.13. The number of esters is 1. The molecule has 0 spiro atoms. The molecule has 32 heavy (non-hydrogen) atoms. The first-order valence-corrected chi connectivity index (χ1v) is 9.71. The molecule has 4 rings (SSSR count). The molecule has 7 nitrogen and oxygen atoms in total. The van der Waals surface area contributed by atoms with E-state index in [-0.39, 0.29) is 40.3 Å². The highest BCUT2D eigenvalue weighted by atomic mass is 35.5. The molecule has 160 valence electrons. The number of nitro benzene ring substituents is 1. The number of nitrogens with zero attached hydrogens (tertiary/aromatic N) is 2. The fourth-order valence-corrected chi connectivity index (χ4v) is 3.14. The summed E-state index contributed by atoms with van der Waals surface area (Å²) in [7, 11) is 0. The molecule has 1 heterocycles. The van der Waals surface area contributed by atoms with Gasteiger partial charge in [-0.05, 0) is 35.9 Å². The molecule has 0 N–H and O–H groups in total. The molecule has 0 aromatic heterocycles. The predicted molar refractivity (Wildman–Crippen MR) is 116 cm³/mol. The number of halogens is 2. The average molecular weight is 453 g/mol. The molecule has 9 heteroatoms. The van der Waals surface area contributed by atoms with Crippen molar-refractivity contribution < 1.29 is 23.6 Å². The molecule has 0 saturated carbocycles. The second kappa shape index (κ2) is 8.99. The summed E-state index contributed by atoms with van der Waals surface area (Å²) in [5.41, 5.74) is 0.936. The Hall–Kier alpha value is -4.04. The first-order valence-electron chi connectivity index (χ1n) is 9.34. The number of benzene rings is 3. The van der Waals surface area contributed by atoms with Crippen LogP contribution in [0.3, 0.4) is 0 Å².